The molecule has 0 radical (unpaired) electrons. The monoisotopic (exact) mass is 530 g/mol. The summed E-state index contributed by atoms with van der Waals surface area (Å²) in [6, 6.07) is 7.05. The second-order valence-electron chi connectivity index (χ2n) is 9.68. The van der Waals surface area contributed by atoms with Gasteiger partial charge < -0.3 is 54.3 Å². The maximum Gasteiger partial charge on any atom is 0.306 e. The summed E-state index contributed by atoms with van der Waals surface area (Å²) in [6.07, 6.45) is -14.0. The molecule has 0 spiro atoms. The van der Waals surface area contributed by atoms with E-state index in [1.807, 2.05) is 19.1 Å². The fraction of sp³-hybridized carbons (Fsp3) is 0.720. The van der Waals surface area contributed by atoms with Gasteiger partial charge in [0.15, 0.2) is 12.4 Å². The van der Waals surface area contributed by atoms with Crippen molar-refractivity contribution >= 4 is 5.97 Å². The Morgan fingerprint density at radius 1 is 0.865 bits per heavy atom. The van der Waals surface area contributed by atoms with Crippen molar-refractivity contribution in [2.24, 2.45) is 5.92 Å². The summed E-state index contributed by atoms with van der Waals surface area (Å²) in [7, 11) is 0. The topological polar surface area (TPSA) is 185 Å². The lowest BCUT2D eigenvalue weighted by atomic mass is 9.96. The highest BCUT2D eigenvalue weighted by atomic mass is 16.7. The highest BCUT2D eigenvalue weighted by Crippen LogP contribution is 2.31. The molecular formula is C25H38O12. The lowest BCUT2D eigenvalue weighted by molar-refractivity contribution is -0.353. The van der Waals surface area contributed by atoms with Gasteiger partial charge in [-0.25, -0.2) is 0 Å². The zero-order chi connectivity index (χ0) is 27.3. The minimum Gasteiger partial charge on any atom is -0.462 e. The number of carbonyl (C=O) groups excluding carboxylic acids is 1. The molecule has 0 aromatic heterocycles. The highest BCUT2D eigenvalue weighted by molar-refractivity contribution is 5.69. The molecule has 12 heteroatoms. The van der Waals surface area contributed by atoms with Crippen molar-refractivity contribution in [3.63, 3.8) is 0 Å². The normalized spacial score (nSPS) is 36.4. The number of aryl methyl sites for hydroxylation is 1. The van der Waals surface area contributed by atoms with Crippen LogP contribution < -0.4 is 4.74 Å². The number of aliphatic hydroxyl groups excluding tert-OH is 6. The summed E-state index contributed by atoms with van der Waals surface area (Å²) in [5, 5.41) is 62.2. The van der Waals surface area contributed by atoms with Crippen LogP contribution in [-0.2, 0) is 30.2 Å². The van der Waals surface area contributed by atoms with Crippen molar-refractivity contribution in [3.8, 4) is 5.75 Å². The predicted octanol–water partition coefficient (Wildman–Crippen LogP) is -1.15. The van der Waals surface area contributed by atoms with Crippen LogP contribution in [0.5, 0.6) is 5.75 Å². The van der Waals surface area contributed by atoms with E-state index in [4.69, 9.17) is 23.7 Å². The zero-order valence-corrected chi connectivity index (χ0v) is 21.1. The molecule has 2 fully saturated rings. The fourth-order valence-electron chi connectivity index (χ4n) is 4.25. The second-order valence-corrected chi connectivity index (χ2v) is 9.68. The molecule has 3 rings (SSSR count). The summed E-state index contributed by atoms with van der Waals surface area (Å²) in [5.74, 6) is -0.272. The maximum absolute atomic E-state index is 12.1. The summed E-state index contributed by atoms with van der Waals surface area (Å²) in [4.78, 5) is 12.1. The minimum atomic E-state index is -1.76. The molecule has 0 amide bonds. The highest BCUT2D eigenvalue weighted by Gasteiger charge is 2.52. The van der Waals surface area contributed by atoms with Crippen molar-refractivity contribution in [1.29, 1.82) is 0 Å². The molecule has 2 saturated heterocycles. The number of hydrogen-bond donors (Lipinski definition) is 6. The van der Waals surface area contributed by atoms with Gasteiger partial charge in [0.2, 0.25) is 6.29 Å². The summed E-state index contributed by atoms with van der Waals surface area (Å²) in [6.45, 7) is 4.29. The Balaban J connectivity index is 1.68. The van der Waals surface area contributed by atoms with Crippen LogP contribution in [-0.4, -0.2) is 111 Å². The van der Waals surface area contributed by atoms with E-state index < -0.39 is 80.6 Å². The third-order valence-electron chi connectivity index (χ3n) is 6.36. The zero-order valence-electron chi connectivity index (χ0n) is 21.1. The third kappa shape index (κ3) is 7.16. The van der Waals surface area contributed by atoms with E-state index in [1.54, 1.807) is 26.0 Å². The van der Waals surface area contributed by atoms with E-state index in [2.05, 4.69) is 0 Å². The van der Waals surface area contributed by atoms with E-state index in [-0.39, 0.29) is 12.3 Å². The quantitative estimate of drug-likeness (QED) is 0.200. The molecule has 2 heterocycles. The average molecular weight is 531 g/mol. The number of rotatable bonds is 10. The molecular weight excluding hydrogens is 492 g/mol. The Morgan fingerprint density at radius 3 is 1.97 bits per heavy atom. The Morgan fingerprint density at radius 2 is 1.41 bits per heavy atom. The Hall–Kier alpha value is -1.87. The van der Waals surface area contributed by atoms with Crippen LogP contribution in [0.2, 0.25) is 0 Å². The number of benzene rings is 1. The van der Waals surface area contributed by atoms with Gasteiger partial charge in [-0.1, -0.05) is 32.9 Å². The van der Waals surface area contributed by atoms with E-state index in [0.29, 0.717) is 5.75 Å². The van der Waals surface area contributed by atoms with Crippen molar-refractivity contribution in [1.82, 2.24) is 0 Å². The van der Waals surface area contributed by atoms with Crippen LogP contribution >= 0.6 is 0 Å². The largest absolute Gasteiger partial charge is 0.462 e. The molecule has 0 bridgehead atoms. The number of carbonyl (C=O) groups is 1. The van der Waals surface area contributed by atoms with Crippen LogP contribution in [0.25, 0.3) is 0 Å². The molecule has 10 atom stereocenters. The minimum absolute atomic E-state index is 0.0131. The van der Waals surface area contributed by atoms with Crippen molar-refractivity contribution in [3.05, 3.63) is 29.8 Å². The molecule has 12 nitrogen and oxygen atoms in total. The van der Waals surface area contributed by atoms with Gasteiger partial charge in [0.1, 0.15) is 48.5 Å². The average Bonchev–Trinajstić information content (AvgIpc) is 2.87. The van der Waals surface area contributed by atoms with Gasteiger partial charge >= 0.3 is 5.97 Å². The maximum atomic E-state index is 12.1. The lowest BCUT2D eigenvalue weighted by Gasteiger charge is -2.46. The Labute approximate surface area is 215 Å². The molecule has 0 saturated carbocycles. The number of hydrogen-bond acceptors (Lipinski definition) is 12. The molecule has 10 unspecified atom stereocenters. The van der Waals surface area contributed by atoms with E-state index in [0.717, 1.165) is 12.0 Å². The molecule has 37 heavy (non-hydrogen) atoms. The summed E-state index contributed by atoms with van der Waals surface area (Å²) >= 11 is 0. The van der Waals surface area contributed by atoms with E-state index >= 15 is 0 Å². The molecule has 0 aliphatic carbocycles. The van der Waals surface area contributed by atoms with Gasteiger partial charge in [-0.3, -0.25) is 4.79 Å². The van der Waals surface area contributed by atoms with Gasteiger partial charge in [-0.05, 0) is 30.0 Å². The van der Waals surface area contributed by atoms with Crippen LogP contribution in [0.1, 0.15) is 32.8 Å². The second kappa shape index (κ2) is 13.3. The molecule has 2 aliphatic rings. The van der Waals surface area contributed by atoms with Gasteiger partial charge in [0.05, 0.1) is 13.2 Å². The SMILES string of the molecule is CCc1ccc(OC2OC(CO)C(OC3OC(CO)C(OC(=O)CC(C)C)C(O)C3O)C(O)C2O)cc1. The van der Waals surface area contributed by atoms with Gasteiger partial charge in [0.25, 0.3) is 0 Å². The predicted molar refractivity (Wildman–Crippen MR) is 126 cm³/mol. The molecule has 2 aliphatic heterocycles. The first kappa shape index (κ1) is 29.7. The van der Waals surface area contributed by atoms with Gasteiger partial charge in [0, 0.05) is 6.42 Å². The Bertz CT molecular complexity index is 845. The Kier molecular flexibility index (Phi) is 10.6. The molecule has 210 valence electrons. The molecule has 6 N–H and O–H groups in total. The van der Waals surface area contributed by atoms with Crippen molar-refractivity contribution < 1.29 is 59.1 Å². The first-order valence-corrected chi connectivity index (χ1v) is 12.4. The standard InChI is InChI=1S/C25H38O12/c1-4-13-5-7-14(8-6-13)33-24-20(31)19(30)23(16(11-27)34-24)37-25-21(32)18(29)22(15(10-26)35-25)36-17(28)9-12(2)3/h5-8,12,15-16,18-27,29-32H,4,9-11H2,1-3H3. The number of esters is 1. The summed E-state index contributed by atoms with van der Waals surface area (Å²) < 4.78 is 27.7. The van der Waals surface area contributed by atoms with Gasteiger partial charge in [-0.15, -0.1) is 0 Å². The van der Waals surface area contributed by atoms with E-state index in [1.165, 1.54) is 0 Å². The summed E-state index contributed by atoms with van der Waals surface area (Å²) in [5.41, 5.74) is 1.07. The molecule has 1 aromatic rings. The number of aliphatic hydroxyl groups is 6. The first-order chi connectivity index (χ1) is 17.6. The third-order valence-corrected chi connectivity index (χ3v) is 6.36. The van der Waals surface area contributed by atoms with Crippen molar-refractivity contribution in [2.45, 2.75) is 95.0 Å². The van der Waals surface area contributed by atoms with Crippen molar-refractivity contribution in [2.75, 3.05) is 13.2 Å². The van der Waals surface area contributed by atoms with Crippen LogP contribution in [0.3, 0.4) is 0 Å². The fourth-order valence-corrected chi connectivity index (χ4v) is 4.25. The van der Waals surface area contributed by atoms with Gasteiger partial charge in [-0.2, -0.15) is 0 Å². The van der Waals surface area contributed by atoms with Crippen LogP contribution in [0.4, 0.5) is 0 Å². The van der Waals surface area contributed by atoms with Crippen LogP contribution in [0, 0.1) is 5.92 Å². The lowest BCUT2D eigenvalue weighted by Crippen LogP contribution is -2.65. The molecule has 1 aromatic carbocycles. The van der Waals surface area contributed by atoms with Crippen LogP contribution in [0.15, 0.2) is 24.3 Å². The first-order valence-electron chi connectivity index (χ1n) is 12.4. The van der Waals surface area contributed by atoms with E-state index in [9.17, 15) is 35.4 Å². The smallest absolute Gasteiger partial charge is 0.306 e. The number of ether oxygens (including phenoxy) is 5.